The normalized spacial score (nSPS) is 18.3. The second-order valence-electron chi connectivity index (χ2n) is 4.43. The third-order valence-corrected chi connectivity index (χ3v) is 4.56. The van der Waals surface area contributed by atoms with Crippen LogP contribution in [0.4, 0.5) is 0 Å². The molecule has 1 unspecified atom stereocenters. The summed E-state index contributed by atoms with van der Waals surface area (Å²) in [7, 11) is 0. The van der Waals surface area contributed by atoms with Crippen molar-refractivity contribution >= 4 is 52.7 Å². The number of hydrogen-bond acceptors (Lipinski definition) is 4. The molecule has 0 bridgehead atoms. The first-order chi connectivity index (χ1) is 9.95. The molecule has 0 saturated carbocycles. The van der Waals surface area contributed by atoms with Gasteiger partial charge in [-0.1, -0.05) is 23.2 Å². The number of piperidine rings is 1. The molecule has 1 saturated heterocycles. The van der Waals surface area contributed by atoms with Crippen molar-refractivity contribution in [3.8, 4) is 0 Å². The highest BCUT2D eigenvalue weighted by Gasteiger charge is 2.27. The van der Waals surface area contributed by atoms with E-state index in [4.69, 9.17) is 23.2 Å². The smallest absolute Gasteiger partial charge is 0.249 e. The van der Waals surface area contributed by atoms with E-state index in [9.17, 15) is 14.4 Å². The fourth-order valence-corrected chi connectivity index (χ4v) is 3.10. The molecule has 1 aliphatic heterocycles. The van der Waals surface area contributed by atoms with Crippen molar-refractivity contribution in [2.45, 2.75) is 23.8 Å². The van der Waals surface area contributed by atoms with Gasteiger partial charge in [0.2, 0.25) is 17.7 Å². The standard InChI is InChI=1S/C13H12Cl2N2O3S/c14-7-1-2-8(15)10(5-7)21-6-12(19)16-9-3-4-11(18)17-13(9)20/h1-2,5,9H,3-4,6H2,(H,16,19)(H,17,18,20). The van der Waals surface area contributed by atoms with Crippen LogP contribution < -0.4 is 10.6 Å². The molecule has 2 rings (SSSR count). The van der Waals surface area contributed by atoms with Gasteiger partial charge >= 0.3 is 0 Å². The molecule has 0 aromatic heterocycles. The SMILES string of the molecule is O=C1CCC(NC(=O)CSc2cc(Cl)ccc2Cl)C(=O)N1. The third-order valence-electron chi connectivity index (χ3n) is 2.83. The van der Waals surface area contributed by atoms with Crippen LogP contribution >= 0.6 is 35.0 Å². The molecule has 1 aromatic carbocycles. The number of benzene rings is 1. The quantitative estimate of drug-likeness (QED) is 0.645. The number of imide groups is 1. The summed E-state index contributed by atoms with van der Waals surface area (Å²) >= 11 is 13.1. The van der Waals surface area contributed by atoms with E-state index in [1.165, 1.54) is 11.8 Å². The summed E-state index contributed by atoms with van der Waals surface area (Å²) in [4.78, 5) is 35.1. The van der Waals surface area contributed by atoms with Gasteiger partial charge in [0.25, 0.3) is 0 Å². The highest BCUT2D eigenvalue weighted by Crippen LogP contribution is 2.29. The first kappa shape index (κ1) is 16.1. The zero-order chi connectivity index (χ0) is 15.4. The van der Waals surface area contributed by atoms with Crippen molar-refractivity contribution in [2.75, 3.05) is 5.75 Å². The molecule has 0 spiro atoms. The van der Waals surface area contributed by atoms with E-state index >= 15 is 0 Å². The van der Waals surface area contributed by atoms with Crippen LogP contribution in [0.3, 0.4) is 0 Å². The maximum absolute atomic E-state index is 11.8. The zero-order valence-corrected chi connectivity index (χ0v) is 13.1. The Balaban J connectivity index is 1.86. The zero-order valence-electron chi connectivity index (χ0n) is 10.8. The third kappa shape index (κ3) is 4.62. The largest absolute Gasteiger partial charge is 0.344 e. The Morgan fingerprint density at radius 3 is 2.86 bits per heavy atom. The van der Waals surface area contributed by atoms with Gasteiger partial charge in [0.05, 0.1) is 10.8 Å². The monoisotopic (exact) mass is 346 g/mol. The summed E-state index contributed by atoms with van der Waals surface area (Å²) < 4.78 is 0. The molecule has 1 heterocycles. The summed E-state index contributed by atoms with van der Waals surface area (Å²) in [5.41, 5.74) is 0. The van der Waals surface area contributed by atoms with E-state index in [1.54, 1.807) is 18.2 Å². The van der Waals surface area contributed by atoms with Crippen LogP contribution in [0.25, 0.3) is 0 Å². The van der Waals surface area contributed by atoms with Gasteiger partial charge in [-0.05, 0) is 24.6 Å². The first-order valence-electron chi connectivity index (χ1n) is 6.16. The molecule has 5 nitrogen and oxygen atoms in total. The van der Waals surface area contributed by atoms with Crippen LogP contribution in [0.15, 0.2) is 23.1 Å². The number of hydrogen-bond donors (Lipinski definition) is 2. The van der Waals surface area contributed by atoms with Crippen molar-refractivity contribution in [1.29, 1.82) is 0 Å². The van der Waals surface area contributed by atoms with Crippen molar-refractivity contribution < 1.29 is 14.4 Å². The number of amides is 3. The lowest BCUT2D eigenvalue weighted by molar-refractivity contribution is -0.136. The minimum Gasteiger partial charge on any atom is -0.344 e. The van der Waals surface area contributed by atoms with E-state index in [1.807, 2.05) is 0 Å². The Morgan fingerprint density at radius 2 is 2.14 bits per heavy atom. The van der Waals surface area contributed by atoms with Gasteiger partial charge in [-0.2, -0.15) is 0 Å². The number of carbonyl (C=O) groups is 3. The molecule has 1 fully saturated rings. The molecule has 3 amide bonds. The number of thioether (sulfide) groups is 1. The topological polar surface area (TPSA) is 75.3 Å². The highest BCUT2D eigenvalue weighted by molar-refractivity contribution is 8.00. The van der Waals surface area contributed by atoms with Gasteiger partial charge in [0.1, 0.15) is 6.04 Å². The predicted molar refractivity (Wildman–Crippen MR) is 81.5 cm³/mol. The van der Waals surface area contributed by atoms with Gasteiger partial charge in [-0.25, -0.2) is 0 Å². The molecule has 8 heteroatoms. The lowest BCUT2D eigenvalue weighted by Gasteiger charge is -2.21. The van der Waals surface area contributed by atoms with Crippen LogP contribution in [-0.4, -0.2) is 29.5 Å². The van der Waals surface area contributed by atoms with Gasteiger partial charge in [0, 0.05) is 16.3 Å². The maximum Gasteiger partial charge on any atom is 0.249 e. The van der Waals surface area contributed by atoms with Crippen LogP contribution in [0.1, 0.15) is 12.8 Å². The Labute approximate surface area is 135 Å². The second kappa shape index (κ2) is 7.15. The van der Waals surface area contributed by atoms with Gasteiger partial charge in [-0.15, -0.1) is 11.8 Å². The fraction of sp³-hybridized carbons (Fsp3) is 0.308. The summed E-state index contributed by atoms with van der Waals surface area (Å²) in [6, 6.07) is 4.33. The van der Waals surface area contributed by atoms with E-state index in [0.717, 1.165) is 0 Å². The van der Waals surface area contributed by atoms with Gasteiger partial charge in [0.15, 0.2) is 0 Å². The number of nitrogens with one attached hydrogen (secondary N) is 2. The summed E-state index contributed by atoms with van der Waals surface area (Å²) in [5, 5.41) is 5.83. The van der Waals surface area contributed by atoms with E-state index in [2.05, 4.69) is 10.6 Å². The van der Waals surface area contributed by atoms with Crippen LogP contribution in [-0.2, 0) is 14.4 Å². The van der Waals surface area contributed by atoms with Crippen molar-refractivity contribution in [3.05, 3.63) is 28.2 Å². The number of halogens is 2. The maximum atomic E-state index is 11.8. The highest BCUT2D eigenvalue weighted by atomic mass is 35.5. The van der Waals surface area contributed by atoms with E-state index < -0.39 is 11.9 Å². The molecule has 0 radical (unpaired) electrons. The lowest BCUT2D eigenvalue weighted by atomic mass is 10.1. The molecule has 1 aliphatic rings. The molecule has 112 valence electrons. The number of rotatable bonds is 4. The van der Waals surface area contributed by atoms with Crippen molar-refractivity contribution in [1.82, 2.24) is 10.6 Å². The molecular weight excluding hydrogens is 335 g/mol. The Bertz CT molecular complexity index is 595. The Hall–Kier alpha value is -1.24. The molecule has 1 aromatic rings. The molecule has 1 atom stereocenters. The molecule has 21 heavy (non-hydrogen) atoms. The second-order valence-corrected chi connectivity index (χ2v) is 6.30. The minimum atomic E-state index is -0.661. The fourth-order valence-electron chi connectivity index (χ4n) is 1.80. The predicted octanol–water partition coefficient (Wildman–Crippen LogP) is 2.01. The average molecular weight is 347 g/mol. The van der Waals surface area contributed by atoms with Crippen molar-refractivity contribution in [2.24, 2.45) is 0 Å². The van der Waals surface area contributed by atoms with Gasteiger partial charge in [-0.3, -0.25) is 19.7 Å². The average Bonchev–Trinajstić information content (AvgIpc) is 2.43. The van der Waals surface area contributed by atoms with Crippen LogP contribution in [0.5, 0.6) is 0 Å². The van der Waals surface area contributed by atoms with E-state index in [0.29, 0.717) is 21.4 Å². The Morgan fingerprint density at radius 1 is 1.38 bits per heavy atom. The van der Waals surface area contributed by atoms with E-state index in [-0.39, 0.29) is 24.0 Å². The first-order valence-corrected chi connectivity index (χ1v) is 7.91. The van der Waals surface area contributed by atoms with Crippen LogP contribution in [0.2, 0.25) is 10.0 Å². The summed E-state index contributed by atoms with van der Waals surface area (Å²) in [5.74, 6) is -0.973. The number of carbonyl (C=O) groups excluding carboxylic acids is 3. The summed E-state index contributed by atoms with van der Waals surface area (Å²) in [6.07, 6.45) is 0.545. The lowest BCUT2D eigenvalue weighted by Crippen LogP contribution is -2.52. The minimum absolute atomic E-state index is 0.109. The Kier molecular flexibility index (Phi) is 5.50. The van der Waals surface area contributed by atoms with Crippen LogP contribution in [0, 0.1) is 0 Å². The van der Waals surface area contributed by atoms with Crippen molar-refractivity contribution in [3.63, 3.8) is 0 Å². The molecular formula is C13H12Cl2N2O3S. The molecule has 0 aliphatic carbocycles. The van der Waals surface area contributed by atoms with Gasteiger partial charge < -0.3 is 5.32 Å². The molecule has 2 N–H and O–H groups in total. The summed E-state index contributed by atoms with van der Waals surface area (Å²) in [6.45, 7) is 0.